The zero-order valence-electron chi connectivity index (χ0n) is 13.1. The van der Waals surface area contributed by atoms with E-state index in [0.717, 1.165) is 0 Å². The first kappa shape index (κ1) is 15.8. The van der Waals surface area contributed by atoms with Gasteiger partial charge in [0.15, 0.2) is 36.7 Å². The van der Waals surface area contributed by atoms with E-state index in [9.17, 15) is 15.0 Å². The van der Waals surface area contributed by atoms with Crippen LogP contribution in [0.15, 0.2) is 24.3 Å². The van der Waals surface area contributed by atoms with Gasteiger partial charge in [-0.05, 0) is 26.0 Å². The third-order valence-corrected chi connectivity index (χ3v) is 4.26. The van der Waals surface area contributed by atoms with Crippen molar-refractivity contribution in [3.05, 3.63) is 29.8 Å². The lowest BCUT2D eigenvalue weighted by molar-refractivity contribution is -0.227. The van der Waals surface area contributed by atoms with Crippen molar-refractivity contribution in [1.82, 2.24) is 0 Å². The number of ether oxygens (including phenoxy) is 5. The summed E-state index contributed by atoms with van der Waals surface area (Å²) in [5, 5.41) is 19.4. The Morgan fingerprint density at radius 3 is 2.54 bits per heavy atom. The van der Waals surface area contributed by atoms with Gasteiger partial charge in [0.25, 0.3) is 0 Å². The number of fused-ring (bicyclic) bond motifs is 3. The van der Waals surface area contributed by atoms with Gasteiger partial charge >= 0.3 is 5.97 Å². The number of benzene rings is 1. The number of phenolic OH excluding ortho intramolecular Hbond substituents is 1. The molecule has 0 aromatic heterocycles. The fourth-order valence-corrected chi connectivity index (χ4v) is 3.21. The van der Waals surface area contributed by atoms with Crippen LogP contribution in [0.3, 0.4) is 0 Å². The van der Waals surface area contributed by atoms with Crippen molar-refractivity contribution >= 4 is 5.97 Å². The molecule has 3 aliphatic rings. The van der Waals surface area contributed by atoms with Crippen molar-refractivity contribution in [2.75, 3.05) is 0 Å². The first-order chi connectivity index (χ1) is 11.3. The maximum Gasteiger partial charge on any atom is 0.338 e. The van der Waals surface area contributed by atoms with E-state index < -0.39 is 48.8 Å². The quantitative estimate of drug-likeness (QED) is 0.609. The number of hydrogen-bond donors (Lipinski definition) is 2. The Labute approximate surface area is 137 Å². The first-order valence-electron chi connectivity index (χ1n) is 7.68. The highest BCUT2D eigenvalue weighted by molar-refractivity contribution is 5.78. The summed E-state index contributed by atoms with van der Waals surface area (Å²) in [4.78, 5) is 12.1. The molecule has 8 heteroatoms. The molecular formula is C16H18O8. The number of carbonyl (C=O) groups excluding carboxylic acids is 1. The number of phenols is 1. The van der Waals surface area contributed by atoms with E-state index in [1.165, 1.54) is 24.3 Å². The van der Waals surface area contributed by atoms with Crippen molar-refractivity contribution in [2.45, 2.75) is 56.6 Å². The summed E-state index contributed by atoms with van der Waals surface area (Å²) >= 11 is 0. The van der Waals surface area contributed by atoms with Gasteiger partial charge < -0.3 is 33.9 Å². The van der Waals surface area contributed by atoms with Gasteiger partial charge in [0.1, 0.15) is 11.9 Å². The Morgan fingerprint density at radius 1 is 1.12 bits per heavy atom. The average Bonchev–Trinajstić information content (AvgIpc) is 3.08. The number of hydrogen-bond acceptors (Lipinski definition) is 8. The fraction of sp³-hybridized carbons (Fsp3) is 0.562. The average molecular weight is 338 g/mol. The van der Waals surface area contributed by atoms with Crippen LogP contribution in [0.1, 0.15) is 25.7 Å². The lowest BCUT2D eigenvalue weighted by Gasteiger charge is -2.23. The van der Waals surface area contributed by atoms with Crippen LogP contribution in [-0.2, 0) is 28.5 Å². The van der Waals surface area contributed by atoms with E-state index in [1.807, 2.05) is 0 Å². The van der Waals surface area contributed by atoms with Crippen molar-refractivity contribution in [1.29, 1.82) is 0 Å². The summed E-state index contributed by atoms with van der Waals surface area (Å²) in [6.45, 7) is 3.51. The Hall–Kier alpha value is -1.71. The highest BCUT2D eigenvalue weighted by Crippen LogP contribution is 2.43. The van der Waals surface area contributed by atoms with Gasteiger partial charge in [0.2, 0.25) is 0 Å². The molecule has 4 rings (SSSR count). The number of aromatic hydroxyl groups is 1. The number of aliphatic hydroxyl groups excluding tert-OH is 1. The molecule has 0 aliphatic carbocycles. The van der Waals surface area contributed by atoms with Gasteiger partial charge in [-0.25, -0.2) is 4.79 Å². The molecule has 1 aromatic carbocycles. The van der Waals surface area contributed by atoms with Gasteiger partial charge in [0, 0.05) is 5.56 Å². The fourth-order valence-electron chi connectivity index (χ4n) is 3.21. The van der Waals surface area contributed by atoms with E-state index in [2.05, 4.69) is 0 Å². The summed E-state index contributed by atoms with van der Waals surface area (Å²) in [6, 6.07) is 5.82. The van der Waals surface area contributed by atoms with Crippen LogP contribution in [0.5, 0.6) is 5.75 Å². The monoisotopic (exact) mass is 338 g/mol. The van der Waals surface area contributed by atoms with Crippen molar-refractivity contribution in [3.8, 4) is 5.75 Å². The van der Waals surface area contributed by atoms with Gasteiger partial charge in [-0.15, -0.1) is 0 Å². The lowest BCUT2D eigenvalue weighted by atomic mass is 10.1. The predicted molar refractivity (Wildman–Crippen MR) is 76.5 cm³/mol. The molecule has 0 amide bonds. The molecule has 0 spiro atoms. The molecule has 0 radical (unpaired) electrons. The molecule has 8 nitrogen and oxygen atoms in total. The second-order valence-corrected chi connectivity index (χ2v) is 6.47. The van der Waals surface area contributed by atoms with E-state index in [0.29, 0.717) is 5.56 Å². The van der Waals surface area contributed by atoms with Crippen LogP contribution < -0.4 is 0 Å². The van der Waals surface area contributed by atoms with E-state index in [-0.39, 0.29) is 5.75 Å². The lowest BCUT2D eigenvalue weighted by Crippen LogP contribution is -2.37. The van der Waals surface area contributed by atoms with Crippen LogP contribution >= 0.6 is 0 Å². The molecular weight excluding hydrogens is 320 g/mol. The standard InChI is InChI=1S/C16H18O8/c1-16(2)23-12-10-9(22-15(12)24-16)11(14(19)20-10)21-13(18)7-3-5-8(17)6-4-7/h3-6,9-13,15,17-18H,1-2H3. The Bertz CT molecular complexity index is 642. The maximum atomic E-state index is 12.1. The number of aliphatic hydroxyl groups is 1. The molecule has 24 heavy (non-hydrogen) atoms. The topological polar surface area (TPSA) is 104 Å². The highest BCUT2D eigenvalue weighted by atomic mass is 16.9. The minimum Gasteiger partial charge on any atom is -0.508 e. The normalized spacial score (nSPS) is 37.8. The van der Waals surface area contributed by atoms with E-state index >= 15 is 0 Å². The molecule has 6 unspecified atom stereocenters. The van der Waals surface area contributed by atoms with E-state index in [4.69, 9.17) is 23.7 Å². The number of rotatable bonds is 3. The molecule has 3 heterocycles. The second-order valence-electron chi connectivity index (χ2n) is 6.47. The number of esters is 1. The Balaban J connectivity index is 1.47. The minimum absolute atomic E-state index is 0.0650. The first-order valence-corrected chi connectivity index (χ1v) is 7.68. The van der Waals surface area contributed by atoms with Gasteiger partial charge in [-0.3, -0.25) is 0 Å². The minimum atomic E-state index is -1.36. The summed E-state index contributed by atoms with van der Waals surface area (Å²) in [5.74, 6) is -1.36. The zero-order valence-corrected chi connectivity index (χ0v) is 13.1. The molecule has 2 N–H and O–H groups in total. The molecule has 3 aliphatic heterocycles. The highest BCUT2D eigenvalue weighted by Gasteiger charge is 2.63. The molecule has 3 fully saturated rings. The Morgan fingerprint density at radius 2 is 1.83 bits per heavy atom. The van der Waals surface area contributed by atoms with Crippen LogP contribution in [-0.4, -0.2) is 52.7 Å². The van der Waals surface area contributed by atoms with Crippen LogP contribution in [0.4, 0.5) is 0 Å². The van der Waals surface area contributed by atoms with Crippen LogP contribution in [0.2, 0.25) is 0 Å². The smallest absolute Gasteiger partial charge is 0.338 e. The molecule has 0 saturated carbocycles. The van der Waals surface area contributed by atoms with Gasteiger partial charge in [0.05, 0.1) is 0 Å². The summed E-state index contributed by atoms with van der Waals surface area (Å²) < 4.78 is 27.8. The molecule has 3 saturated heterocycles. The van der Waals surface area contributed by atoms with Crippen LogP contribution in [0.25, 0.3) is 0 Å². The predicted octanol–water partition coefficient (Wildman–Crippen LogP) is 0.570. The van der Waals surface area contributed by atoms with Gasteiger partial charge in [-0.2, -0.15) is 0 Å². The number of carbonyl (C=O) groups is 1. The molecule has 1 aromatic rings. The van der Waals surface area contributed by atoms with Crippen molar-refractivity contribution < 1.29 is 38.7 Å². The summed E-state index contributed by atoms with van der Waals surface area (Å²) in [7, 11) is 0. The van der Waals surface area contributed by atoms with Crippen LogP contribution in [0, 0.1) is 0 Å². The van der Waals surface area contributed by atoms with Gasteiger partial charge in [-0.1, -0.05) is 12.1 Å². The zero-order chi connectivity index (χ0) is 17.1. The van der Waals surface area contributed by atoms with Crippen molar-refractivity contribution in [2.24, 2.45) is 0 Å². The molecule has 130 valence electrons. The SMILES string of the molecule is CC1(C)OC2OC3C(OC(O)c4ccc(O)cc4)C(=O)OC3C2O1. The summed E-state index contributed by atoms with van der Waals surface area (Å²) in [5.41, 5.74) is 0.399. The molecule has 6 atom stereocenters. The third-order valence-electron chi connectivity index (χ3n) is 4.26. The maximum absolute atomic E-state index is 12.1. The summed E-state index contributed by atoms with van der Waals surface area (Å²) in [6.07, 6.45) is -4.95. The third kappa shape index (κ3) is 2.56. The van der Waals surface area contributed by atoms with Crippen molar-refractivity contribution in [3.63, 3.8) is 0 Å². The largest absolute Gasteiger partial charge is 0.508 e. The Kier molecular flexibility index (Phi) is 3.55. The van der Waals surface area contributed by atoms with E-state index in [1.54, 1.807) is 13.8 Å². The second kappa shape index (κ2) is 5.40. The molecule has 0 bridgehead atoms.